The van der Waals surface area contributed by atoms with Crippen molar-refractivity contribution in [2.24, 2.45) is 0 Å². The molecule has 0 aliphatic heterocycles. The van der Waals surface area contributed by atoms with Crippen molar-refractivity contribution in [3.05, 3.63) is 59.2 Å². The molecule has 3 nitrogen and oxygen atoms in total. The van der Waals surface area contributed by atoms with Gasteiger partial charge in [-0.2, -0.15) is 0 Å². The van der Waals surface area contributed by atoms with E-state index in [1.807, 2.05) is 18.2 Å². The first-order chi connectivity index (χ1) is 9.47. The van der Waals surface area contributed by atoms with E-state index in [0.29, 0.717) is 10.6 Å². The molecule has 104 valence electrons. The van der Waals surface area contributed by atoms with Crippen LogP contribution in [0.3, 0.4) is 0 Å². The zero-order valence-corrected chi connectivity index (χ0v) is 12.2. The summed E-state index contributed by atoms with van der Waals surface area (Å²) in [5, 5.41) is 0. The van der Waals surface area contributed by atoms with Crippen LogP contribution in [0.25, 0.3) is 0 Å². The highest BCUT2D eigenvalue weighted by molar-refractivity contribution is 7.91. The average molecular weight is 287 g/mol. The highest BCUT2D eigenvalue weighted by Crippen LogP contribution is 2.37. The van der Waals surface area contributed by atoms with Crippen molar-refractivity contribution < 1.29 is 8.42 Å². The Morgan fingerprint density at radius 1 is 1.20 bits per heavy atom. The first-order valence-electron chi connectivity index (χ1n) is 6.64. The predicted molar refractivity (Wildman–Crippen MR) is 80.5 cm³/mol. The number of sulfone groups is 1. The van der Waals surface area contributed by atoms with Crippen molar-refractivity contribution in [1.82, 2.24) is 0 Å². The van der Waals surface area contributed by atoms with E-state index < -0.39 is 9.84 Å². The smallest absolute Gasteiger partial charge is 0.179 e. The lowest BCUT2D eigenvalue weighted by Gasteiger charge is -2.30. The van der Waals surface area contributed by atoms with Crippen LogP contribution in [0.1, 0.15) is 22.6 Å². The van der Waals surface area contributed by atoms with Gasteiger partial charge in [0.25, 0.3) is 0 Å². The van der Waals surface area contributed by atoms with Crippen LogP contribution in [-0.2, 0) is 16.3 Å². The maximum Gasteiger partial charge on any atom is 0.179 e. The van der Waals surface area contributed by atoms with Crippen molar-refractivity contribution in [2.45, 2.75) is 24.2 Å². The van der Waals surface area contributed by atoms with Gasteiger partial charge in [0.2, 0.25) is 0 Å². The molecule has 1 unspecified atom stereocenters. The second-order valence-electron chi connectivity index (χ2n) is 5.41. The van der Waals surface area contributed by atoms with Crippen molar-refractivity contribution in [3.8, 4) is 0 Å². The molecule has 20 heavy (non-hydrogen) atoms. The summed E-state index contributed by atoms with van der Waals surface area (Å²) in [6.45, 7) is 1.81. The van der Waals surface area contributed by atoms with Gasteiger partial charge in [-0.15, -0.1) is 0 Å². The van der Waals surface area contributed by atoms with Crippen LogP contribution in [0, 0.1) is 6.92 Å². The summed E-state index contributed by atoms with van der Waals surface area (Å²) in [5.74, 6) is 0.269. The van der Waals surface area contributed by atoms with E-state index in [0.717, 1.165) is 17.5 Å². The van der Waals surface area contributed by atoms with Crippen molar-refractivity contribution in [3.63, 3.8) is 0 Å². The molecule has 2 aromatic carbocycles. The highest BCUT2D eigenvalue weighted by atomic mass is 32.2. The fourth-order valence-corrected chi connectivity index (χ4v) is 4.70. The fourth-order valence-electron chi connectivity index (χ4n) is 2.82. The van der Waals surface area contributed by atoms with Gasteiger partial charge in [-0.05, 0) is 42.2 Å². The number of anilines is 1. The molecule has 1 atom stereocenters. The molecule has 0 fully saturated rings. The first-order valence-corrected chi connectivity index (χ1v) is 8.29. The van der Waals surface area contributed by atoms with E-state index >= 15 is 0 Å². The minimum absolute atomic E-state index is 0.108. The van der Waals surface area contributed by atoms with Crippen LogP contribution in [0.2, 0.25) is 0 Å². The number of fused-ring (bicyclic) bond motifs is 1. The molecular formula is C16H17NO2S. The third-order valence-electron chi connectivity index (χ3n) is 3.93. The SMILES string of the molecule is Cc1ccc(N)cc1S(=O)(=O)CC1Cc2ccccc21. The van der Waals surface area contributed by atoms with Gasteiger partial charge in [-0.1, -0.05) is 30.3 Å². The van der Waals surface area contributed by atoms with E-state index in [1.165, 1.54) is 5.56 Å². The zero-order valence-electron chi connectivity index (χ0n) is 11.3. The second-order valence-corrected chi connectivity index (χ2v) is 7.41. The summed E-state index contributed by atoms with van der Waals surface area (Å²) >= 11 is 0. The van der Waals surface area contributed by atoms with Gasteiger partial charge in [0.1, 0.15) is 0 Å². The summed E-state index contributed by atoms with van der Waals surface area (Å²) in [6, 6.07) is 13.1. The Labute approximate surface area is 119 Å². The normalized spacial score (nSPS) is 17.4. The average Bonchev–Trinajstić information content (AvgIpc) is 2.39. The third-order valence-corrected chi connectivity index (χ3v) is 5.88. The predicted octanol–water partition coefficient (Wildman–Crippen LogP) is 2.69. The van der Waals surface area contributed by atoms with Crippen LogP contribution in [0.5, 0.6) is 0 Å². The Bertz CT molecular complexity index is 766. The molecule has 1 aliphatic carbocycles. The Morgan fingerprint density at radius 3 is 2.70 bits per heavy atom. The van der Waals surface area contributed by atoms with E-state index in [1.54, 1.807) is 25.1 Å². The van der Waals surface area contributed by atoms with Gasteiger partial charge in [-0.3, -0.25) is 0 Å². The third kappa shape index (κ3) is 2.20. The van der Waals surface area contributed by atoms with E-state index in [2.05, 4.69) is 6.07 Å². The van der Waals surface area contributed by atoms with Crippen molar-refractivity contribution >= 4 is 15.5 Å². The number of benzene rings is 2. The lowest BCUT2D eigenvalue weighted by Crippen LogP contribution is -2.25. The largest absolute Gasteiger partial charge is 0.399 e. The first kappa shape index (κ1) is 13.2. The molecule has 0 radical (unpaired) electrons. The van der Waals surface area contributed by atoms with Gasteiger partial charge in [0.15, 0.2) is 9.84 Å². The summed E-state index contributed by atoms with van der Waals surface area (Å²) < 4.78 is 25.1. The molecule has 0 spiro atoms. The molecule has 0 saturated carbocycles. The monoisotopic (exact) mass is 287 g/mol. The van der Waals surface area contributed by atoms with Crippen LogP contribution < -0.4 is 5.73 Å². The summed E-state index contributed by atoms with van der Waals surface area (Å²) in [6.07, 6.45) is 0.844. The van der Waals surface area contributed by atoms with E-state index in [-0.39, 0.29) is 11.7 Å². The summed E-state index contributed by atoms with van der Waals surface area (Å²) in [5.41, 5.74) is 9.38. The maximum atomic E-state index is 12.6. The number of hydrogen-bond donors (Lipinski definition) is 1. The quantitative estimate of drug-likeness (QED) is 0.883. The van der Waals surface area contributed by atoms with Crippen LogP contribution in [-0.4, -0.2) is 14.2 Å². The minimum Gasteiger partial charge on any atom is -0.399 e. The molecule has 1 aliphatic rings. The Kier molecular flexibility index (Phi) is 3.05. The minimum atomic E-state index is -3.30. The zero-order chi connectivity index (χ0) is 14.3. The van der Waals surface area contributed by atoms with Crippen molar-refractivity contribution in [1.29, 1.82) is 0 Å². The molecule has 0 aromatic heterocycles. The fraction of sp³-hybridized carbons (Fsp3) is 0.250. The van der Waals surface area contributed by atoms with Crippen LogP contribution in [0.4, 0.5) is 5.69 Å². The highest BCUT2D eigenvalue weighted by Gasteiger charge is 2.31. The maximum absolute atomic E-state index is 12.6. The van der Waals surface area contributed by atoms with Gasteiger partial charge >= 0.3 is 0 Å². The number of hydrogen-bond acceptors (Lipinski definition) is 3. The van der Waals surface area contributed by atoms with Gasteiger partial charge in [0, 0.05) is 11.6 Å². The van der Waals surface area contributed by atoms with E-state index in [4.69, 9.17) is 5.73 Å². The molecule has 4 heteroatoms. The lowest BCUT2D eigenvalue weighted by molar-refractivity contribution is 0.576. The van der Waals surface area contributed by atoms with Crippen LogP contribution in [0.15, 0.2) is 47.4 Å². The Hall–Kier alpha value is -1.81. The second kappa shape index (κ2) is 4.63. The number of nitrogen functional groups attached to an aromatic ring is 1. The Balaban J connectivity index is 1.90. The Morgan fingerprint density at radius 2 is 1.95 bits per heavy atom. The molecule has 3 rings (SSSR count). The molecule has 0 amide bonds. The summed E-state index contributed by atoms with van der Waals surface area (Å²) in [4.78, 5) is 0.363. The van der Waals surface area contributed by atoms with Crippen LogP contribution >= 0.6 is 0 Å². The molecule has 0 bridgehead atoms. The van der Waals surface area contributed by atoms with Gasteiger partial charge in [-0.25, -0.2) is 8.42 Å². The topological polar surface area (TPSA) is 60.2 Å². The summed E-state index contributed by atoms with van der Waals surface area (Å²) in [7, 11) is -3.30. The molecule has 0 heterocycles. The standard InChI is InChI=1S/C16H17NO2S/c1-11-6-7-14(17)9-16(11)20(18,19)10-13-8-12-4-2-3-5-15(12)13/h2-7,9,13H,8,10,17H2,1H3. The molecule has 2 N–H and O–H groups in total. The van der Waals surface area contributed by atoms with E-state index in [9.17, 15) is 8.42 Å². The number of rotatable bonds is 3. The van der Waals surface area contributed by atoms with Crippen molar-refractivity contribution in [2.75, 3.05) is 11.5 Å². The number of nitrogens with two attached hydrogens (primary N) is 1. The number of aryl methyl sites for hydroxylation is 1. The molecular weight excluding hydrogens is 270 g/mol. The van der Waals surface area contributed by atoms with Gasteiger partial charge in [0.05, 0.1) is 10.6 Å². The molecule has 2 aromatic rings. The molecule has 0 saturated heterocycles. The lowest BCUT2D eigenvalue weighted by atomic mass is 9.79. The van der Waals surface area contributed by atoms with Gasteiger partial charge < -0.3 is 5.73 Å².